The molecular weight excluding hydrogens is 395 g/mol. The van der Waals surface area contributed by atoms with Crippen molar-refractivity contribution >= 4 is 68.9 Å². The molecule has 0 bridgehead atoms. The minimum Gasteiger partial charge on any atom is -0.338 e. The molecule has 0 unspecified atom stereocenters. The van der Waals surface area contributed by atoms with Crippen molar-refractivity contribution in [3.63, 3.8) is 0 Å². The summed E-state index contributed by atoms with van der Waals surface area (Å²) >= 11 is 19.9. The van der Waals surface area contributed by atoms with Crippen molar-refractivity contribution in [1.29, 1.82) is 0 Å². The van der Waals surface area contributed by atoms with Gasteiger partial charge in [0.2, 0.25) is 5.28 Å². The predicted molar refractivity (Wildman–Crippen MR) is 79.5 cm³/mol. The van der Waals surface area contributed by atoms with E-state index in [1.807, 2.05) is 18.2 Å². The quantitative estimate of drug-likeness (QED) is 0.582. The van der Waals surface area contributed by atoms with E-state index >= 15 is 0 Å². The molecule has 0 fully saturated rings. The summed E-state index contributed by atoms with van der Waals surface area (Å²) in [6.07, 6.45) is 1.43. The topological polar surface area (TPSA) is 37.8 Å². The zero-order valence-corrected chi connectivity index (χ0v) is 12.6. The molecule has 0 atom stereocenters. The molecule has 0 amide bonds. The van der Waals surface area contributed by atoms with Gasteiger partial charge < -0.3 is 5.32 Å². The predicted octanol–water partition coefficient (Wildman–Crippen LogP) is 4.79. The fourth-order valence-corrected chi connectivity index (χ4v) is 2.33. The standard InChI is InChI=1S/C10H5Cl3IN3/c11-6-3-5(14)1-2-8(6)16-9-7(12)4-15-10(13)17-9/h1-4H,(H,15,16,17). The molecule has 0 spiro atoms. The Labute approximate surface area is 127 Å². The lowest BCUT2D eigenvalue weighted by Crippen LogP contribution is -1.97. The highest BCUT2D eigenvalue weighted by Crippen LogP contribution is 2.29. The SMILES string of the molecule is Clc1ncc(Cl)c(Nc2ccc(I)cc2Cl)n1. The summed E-state index contributed by atoms with van der Waals surface area (Å²) in [5, 5.41) is 4.09. The Kier molecular flexibility index (Phi) is 4.30. The van der Waals surface area contributed by atoms with Crippen LogP contribution in [-0.4, -0.2) is 9.97 Å². The van der Waals surface area contributed by atoms with E-state index in [4.69, 9.17) is 34.8 Å². The summed E-state index contributed by atoms with van der Waals surface area (Å²) in [5.41, 5.74) is 0.712. The van der Waals surface area contributed by atoms with Crippen LogP contribution in [0, 0.1) is 3.57 Å². The molecule has 0 radical (unpaired) electrons. The molecule has 7 heteroatoms. The molecule has 1 aromatic heterocycles. The largest absolute Gasteiger partial charge is 0.338 e. The first kappa shape index (κ1) is 13.1. The van der Waals surface area contributed by atoms with Crippen molar-refractivity contribution in [2.24, 2.45) is 0 Å². The van der Waals surface area contributed by atoms with Gasteiger partial charge >= 0.3 is 0 Å². The lowest BCUT2D eigenvalue weighted by atomic mass is 10.3. The van der Waals surface area contributed by atoms with Crippen LogP contribution in [0.15, 0.2) is 24.4 Å². The molecule has 2 aromatic rings. The van der Waals surface area contributed by atoms with Crippen molar-refractivity contribution in [3.8, 4) is 0 Å². The van der Waals surface area contributed by atoms with Crippen LogP contribution >= 0.6 is 57.4 Å². The first-order valence-electron chi connectivity index (χ1n) is 4.46. The van der Waals surface area contributed by atoms with Gasteiger partial charge in [0.25, 0.3) is 0 Å². The van der Waals surface area contributed by atoms with E-state index < -0.39 is 0 Å². The normalized spacial score (nSPS) is 10.4. The maximum absolute atomic E-state index is 6.08. The number of hydrogen-bond donors (Lipinski definition) is 1. The van der Waals surface area contributed by atoms with Gasteiger partial charge in [0.1, 0.15) is 5.02 Å². The number of rotatable bonds is 2. The van der Waals surface area contributed by atoms with E-state index in [9.17, 15) is 0 Å². The van der Waals surface area contributed by atoms with E-state index in [0.717, 1.165) is 3.57 Å². The molecule has 2 rings (SSSR count). The highest BCUT2D eigenvalue weighted by molar-refractivity contribution is 14.1. The van der Waals surface area contributed by atoms with Crippen molar-refractivity contribution in [2.45, 2.75) is 0 Å². The highest BCUT2D eigenvalue weighted by atomic mass is 127. The van der Waals surface area contributed by atoms with E-state index in [1.54, 1.807) is 0 Å². The molecule has 3 nitrogen and oxygen atoms in total. The Balaban J connectivity index is 2.34. The molecule has 0 aliphatic carbocycles. The van der Waals surface area contributed by atoms with E-state index in [0.29, 0.717) is 21.6 Å². The second kappa shape index (κ2) is 5.56. The molecule has 0 saturated carbocycles. The van der Waals surface area contributed by atoms with Crippen LogP contribution in [0.1, 0.15) is 0 Å². The number of nitrogens with zero attached hydrogens (tertiary/aromatic N) is 2. The van der Waals surface area contributed by atoms with Crippen molar-refractivity contribution in [1.82, 2.24) is 9.97 Å². The lowest BCUT2D eigenvalue weighted by molar-refractivity contribution is 1.17. The van der Waals surface area contributed by atoms with Gasteiger partial charge in [-0.05, 0) is 52.4 Å². The van der Waals surface area contributed by atoms with Crippen LogP contribution in [0.4, 0.5) is 11.5 Å². The van der Waals surface area contributed by atoms with Gasteiger partial charge in [0, 0.05) is 3.57 Å². The summed E-state index contributed by atoms with van der Waals surface area (Å²) in [6, 6.07) is 5.60. The molecule has 1 N–H and O–H groups in total. The van der Waals surface area contributed by atoms with Gasteiger partial charge in [0.15, 0.2) is 5.82 Å². The Morgan fingerprint density at radius 3 is 2.59 bits per heavy atom. The van der Waals surface area contributed by atoms with Gasteiger partial charge in [-0.2, -0.15) is 4.98 Å². The summed E-state index contributed by atoms with van der Waals surface area (Å²) in [4.78, 5) is 7.75. The summed E-state index contributed by atoms with van der Waals surface area (Å²) in [5.74, 6) is 0.426. The maximum atomic E-state index is 6.08. The minimum absolute atomic E-state index is 0.124. The molecule has 0 aliphatic heterocycles. The maximum Gasteiger partial charge on any atom is 0.224 e. The fourth-order valence-electron chi connectivity index (χ4n) is 1.15. The molecule has 0 aliphatic rings. The van der Waals surface area contributed by atoms with Crippen LogP contribution in [0.3, 0.4) is 0 Å². The third kappa shape index (κ3) is 3.34. The average Bonchev–Trinajstić information content (AvgIpc) is 2.27. The van der Waals surface area contributed by atoms with Crippen molar-refractivity contribution in [2.75, 3.05) is 5.32 Å². The number of anilines is 2. The smallest absolute Gasteiger partial charge is 0.224 e. The lowest BCUT2D eigenvalue weighted by Gasteiger charge is -2.09. The Hall–Kier alpha value is -0.300. The number of hydrogen-bond acceptors (Lipinski definition) is 3. The summed E-state index contributed by atoms with van der Waals surface area (Å²) in [7, 11) is 0. The third-order valence-corrected chi connectivity index (χ3v) is 3.34. The molecule has 1 aromatic carbocycles. The Bertz CT molecular complexity index is 562. The first-order chi connectivity index (χ1) is 8.06. The van der Waals surface area contributed by atoms with Gasteiger partial charge in [-0.15, -0.1) is 0 Å². The molecular formula is C10H5Cl3IN3. The zero-order valence-electron chi connectivity index (χ0n) is 8.22. The van der Waals surface area contributed by atoms with Gasteiger partial charge in [-0.3, -0.25) is 0 Å². The van der Waals surface area contributed by atoms with E-state index in [1.165, 1.54) is 6.20 Å². The number of nitrogens with one attached hydrogen (secondary N) is 1. The second-order valence-electron chi connectivity index (χ2n) is 3.08. The summed E-state index contributed by atoms with van der Waals surface area (Å²) < 4.78 is 1.05. The van der Waals surface area contributed by atoms with E-state index in [-0.39, 0.29) is 5.28 Å². The van der Waals surface area contributed by atoms with Gasteiger partial charge in [-0.1, -0.05) is 23.2 Å². The molecule has 1 heterocycles. The van der Waals surface area contributed by atoms with Gasteiger partial charge in [-0.25, -0.2) is 4.98 Å². The van der Waals surface area contributed by atoms with Crippen LogP contribution < -0.4 is 5.32 Å². The van der Waals surface area contributed by atoms with Crippen molar-refractivity contribution in [3.05, 3.63) is 43.3 Å². The average molecular weight is 400 g/mol. The zero-order chi connectivity index (χ0) is 12.4. The number of halogens is 4. The minimum atomic E-state index is 0.124. The Morgan fingerprint density at radius 2 is 1.88 bits per heavy atom. The van der Waals surface area contributed by atoms with Crippen LogP contribution in [0.2, 0.25) is 15.3 Å². The van der Waals surface area contributed by atoms with Crippen LogP contribution in [-0.2, 0) is 0 Å². The third-order valence-electron chi connectivity index (χ3n) is 1.90. The number of aromatic nitrogens is 2. The molecule has 17 heavy (non-hydrogen) atoms. The molecule has 88 valence electrons. The fraction of sp³-hybridized carbons (Fsp3) is 0. The summed E-state index contributed by atoms with van der Waals surface area (Å²) in [6.45, 7) is 0. The number of benzene rings is 1. The van der Waals surface area contributed by atoms with Crippen LogP contribution in [0.25, 0.3) is 0 Å². The van der Waals surface area contributed by atoms with Gasteiger partial charge in [0.05, 0.1) is 16.9 Å². The van der Waals surface area contributed by atoms with Crippen molar-refractivity contribution < 1.29 is 0 Å². The second-order valence-corrected chi connectivity index (χ2v) is 5.48. The monoisotopic (exact) mass is 399 g/mol. The molecule has 0 saturated heterocycles. The van der Waals surface area contributed by atoms with E-state index in [2.05, 4.69) is 37.9 Å². The highest BCUT2D eigenvalue weighted by Gasteiger charge is 2.07. The first-order valence-corrected chi connectivity index (χ1v) is 6.67. The van der Waals surface area contributed by atoms with Crippen LogP contribution in [0.5, 0.6) is 0 Å². The Morgan fingerprint density at radius 1 is 1.12 bits per heavy atom.